The zero-order valence-corrected chi connectivity index (χ0v) is 24.4. The number of aliphatic imine (C=N–C) groups is 1. The first-order valence-electron chi connectivity index (χ1n) is 14.3. The molecule has 3 N–H and O–H groups in total. The molecular weight excluding hydrogens is 500 g/mol. The minimum Gasteiger partial charge on any atom is -0.386 e. The van der Waals surface area contributed by atoms with Gasteiger partial charge >= 0.3 is 0 Å². The Morgan fingerprint density at radius 1 is 1.15 bits per heavy atom. The van der Waals surface area contributed by atoms with E-state index in [1.165, 1.54) is 5.56 Å². The van der Waals surface area contributed by atoms with Gasteiger partial charge in [-0.25, -0.2) is 0 Å². The molecule has 0 radical (unpaired) electrons. The molecule has 40 heavy (non-hydrogen) atoms. The van der Waals surface area contributed by atoms with Crippen molar-refractivity contribution >= 4 is 17.6 Å². The Hall–Kier alpha value is -3.70. The lowest BCUT2D eigenvalue weighted by molar-refractivity contribution is -0.130. The molecule has 8 heteroatoms. The Bertz CT molecular complexity index is 1330. The first kappa shape index (κ1) is 29.3. The summed E-state index contributed by atoms with van der Waals surface area (Å²) in [5.41, 5.74) is 11.4. The highest BCUT2D eigenvalue weighted by atomic mass is 16.2. The van der Waals surface area contributed by atoms with Gasteiger partial charge < -0.3 is 20.9 Å². The van der Waals surface area contributed by atoms with Crippen LogP contribution < -0.4 is 11.1 Å². The van der Waals surface area contributed by atoms with Crippen LogP contribution in [0, 0.1) is 11.3 Å². The number of amidine groups is 1. The molecule has 1 heterocycles. The number of nitrogens with zero attached hydrogens (tertiary/aromatic N) is 4. The number of carbonyl (C=O) groups excluding carboxylic acids is 2. The highest BCUT2D eigenvalue weighted by Crippen LogP contribution is 2.44. The number of amides is 2. The number of likely N-dealkylation sites (tertiary alicyclic amines) is 1. The lowest BCUT2D eigenvalue weighted by Crippen LogP contribution is -2.49. The molecule has 1 saturated heterocycles. The number of hydrogen-bond acceptors (Lipinski definition) is 5. The van der Waals surface area contributed by atoms with Crippen LogP contribution in [0.2, 0.25) is 0 Å². The summed E-state index contributed by atoms with van der Waals surface area (Å²) in [5.74, 6) is 0.446. The normalized spacial score (nSPS) is 21.3. The Labute approximate surface area is 238 Å². The molecule has 4 rings (SSSR count). The van der Waals surface area contributed by atoms with Crippen LogP contribution in [0.1, 0.15) is 72.6 Å². The standard InChI is InChI=1S/C32H42N6O2/c1-21(2)36-31(34)32(18-22(3)35-20-29(39)38-16-8-10-26(38)19-33)27-11-7-6-9-23(27)12-13-24-17-25(14-15-28(24)32)30(40)37(4)5/h6-7,9,11,14-15,17,21-22,26,35H,8,10,12-13,16,18,20H2,1-5H3,(H2,34,36). The zero-order chi connectivity index (χ0) is 29.0. The van der Waals surface area contributed by atoms with E-state index in [1.54, 1.807) is 23.9 Å². The van der Waals surface area contributed by atoms with Crippen molar-refractivity contribution in [3.63, 3.8) is 0 Å². The van der Waals surface area contributed by atoms with Gasteiger partial charge in [-0.05, 0) is 87.3 Å². The number of nitrogens with one attached hydrogen (secondary N) is 1. The SMILES string of the molecule is CC(C)N=C(N)C1(CC(C)NCC(=O)N2CCCC2C#N)c2ccccc2CCc2cc(C(=O)N(C)C)ccc21. The number of carbonyl (C=O) groups is 2. The van der Waals surface area contributed by atoms with Crippen molar-refractivity contribution in [2.45, 2.75) is 76.4 Å². The second-order valence-corrected chi connectivity index (χ2v) is 11.6. The van der Waals surface area contributed by atoms with Crippen LogP contribution in [0.25, 0.3) is 0 Å². The number of rotatable bonds is 8. The number of hydrogen-bond donors (Lipinski definition) is 2. The third-order valence-electron chi connectivity index (χ3n) is 8.13. The van der Waals surface area contributed by atoms with Gasteiger partial charge in [-0.3, -0.25) is 14.6 Å². The van der Waals surface area contributed by atoms with E-state index in [4.69, 9.17) is 10.7 Å². The summed E-state index contributed by atoms with van der Waals surface area (Å²) in [6.07, 6.45) is 3.77. The number of benzene rings is 2. The molecule has 1 aliphatic heterocycles. The van der Waals surface area contributed by atoms with Crippen LogP contribution in [0.15, 0.2) is 47.5 Å². The number of fused-ring (bicyclic) bond motifs is 2. The molecule has 1 fully saturated rings. The monoisotopic (exact) mass is 542 g/mol. The molecule has 0 bridgehead atoms. The molecule has 2 aromatic carbocycles. The maximum Gasteiger partial charge on any atom is 0.253 e. The van der Waals surface area contributed by atoms with Crippen molar-refractivity contribution < 1.29 is 9.59 Å². The molecule has 212 valence electrons. The fourth-order valence-corrected chi connectivity index (χ4v) is 6.26. The number of nitriles is 1. The van der Waals surface area contributed by atoms with Gasteiger partial charge in [0, 0.05) is 38.3 Å². The van der Waals surface area contributed by atoms with Crippen LogP contribution in [-0.2, 0) is 23.1 Å². The summed E-state index contributed by atoms with van der Waals surface area (Å²) in [7, 11) is 3.52. The fourth-order valence-electron chi connectivity index (χ4n) is 6.26. The Kier molecular flexibility index (Phi) is 8.95. The van der Waals surface area contributed by atoms with E-state index in [0.29, 0.717) is 24.4 Å². The van der Waals surface area contributed by atoms with Crippen LogP contribution in [0.5, 0.6) is 0 Å². The predicted molar refractivity (Wildman–Crippen MR) is 158 cm³/mol. The second-order valence-electron chi connectivity index (χ2n) is 11.6. The molecule has 2 aliphatic rings. The van der Waals surface area contributed by atoms with E-state index >= 15 is 0 Å². The average Bonchev–Trinajstić information content (AvgIpc) is 3.37. The van der Waals surface area contributed by atoms with E-state index in [-0.39, 0.29) is 36.5 Å². The van der Waals surface area contributed by atoms with Crippen molar-refractivity contribution in [2.75, 3.05) is 27.2 Å². The van der Waals surface area contributed by atoms with Crippen LogP contribution >= 0.6 is 0 Å². The third kappa shape index (κ3) is 5.75. The fraction of sp³-hybridized carbons (Fsp3) is 0.500. The quantitative estimate of drug-likeness (QED) is 0.392. The van der Waals surface area contributed by atoms with E-state index in [2.05, 4.69) is 42.6 Å². The Morgan fingerprint density at radius 2 is 1.85 bits per heavy atom. The number of nitrogens with two attached hydrogens (primary N) is 1. The lowest BCUT2D eigenvalue weighted by atomic mass is 9.67. The summed E-state index contributed by atoms with van der Waals surface area (Å²) in [5, 5.41) is 12.9. The molecule has 0 saturated carbocycles. The van der Waals surface area contributed by atoms with Gasteiger partial charge in [-0.15, -0.1) is 0 Å². The summed E-state index contributed by atoms with van der Waals surface area (Å²) in [4.78, 5) is 34.1. The van der Waals surface area contributed by atoms with Gasteiger partial charge in [0.2, 0.25) is 5.91 Å². The van der Waals surface area contributed by atoms with Crippen LogP contribution in [0.3, 0.4) is 0 Å². The molecule has 3 unspecified atom stereocenters. The molecule has 8 nitrogen and oxygen atoms in total. The molecule has 3 atom stereocenters. The zero-order valence-electron chi connectivity index (χ0n) is 24.4. The topological polar surface area (TPSA) is 115 Å². The summed E-state index contributed by atoms with van der Waals surface area (Å²) < 4.78 is 0. The van der Waals surface area contributed by atoms with E-state index in [9.17, 15) is 14.9 Å². The lowest BCUT2D eigenvalue weighted by Gasteiger charge is -2.39. The third-order valence-corrected chi connectivity index (χ3v) is 8.13. The maximum atomic E-state index is 13.0. The molecule has 0 spiro atoms. The van der Waals surface area contributed by atoms with Gasteiger partial charge in [0.1, 0.15) is 11.9 Å². The molecule has 1 aliphatic carbocycles. The molecule has 2 amide bonds. The first-order chi connectivity index (χ1) is 19.1. The number of aryl methyl sites for hydroxylation is 2. The summed E-state index contributed by atoms with van der Waals surface area (Å²) >= 11 is 0. The van der Waals surface area contributed by atoms with E-state index in [0.717, 1.165) is 42.4 Å². The minimum atomic E-state index is -0.745. The van der Waals surface area contributed by atoms with E-state index in [1.807, 2.05) is 32.0 Å². The van der Waals surface area contributed by atoms with E-state index < -0.39 is 5.41 Å². The first-order valence-corrected chi connectivity index (χ1v) is 14.3. The Balaban J connectivity index is 1.78. The van der Waals surface area contributed by atoms with Crippen LogP contribution in [0.4, 0.5) is 0 Å². The van der Waals surface area contributed by atoms with Crippen molar-refractivity contribution in [3.8, 4) is 6.07 Å². The summed E-state index contributed by atoms with van der Waals surface area (Å²) in [6.45, 7) is 6.89. The van der Waals surface area contributed by atoms with Gasteiger partial charge in [-0.1, -0.05) is 30.3 Å². The van der Waals surface area contributed by atoms with Gasteiger partial charge in [0.05, 0.1) is 18.0 Å². The van der Waals surface area contributed by atoms with Gasteiger partial charge in [0.15, 0.2) is 0 Å². The largest absolute Gasteiger partial charge is 0.386 e. The predicted octanol–water partition coefficient (Wildman–Crippen LogP) is 3.42. The van der Waals surface area contributed by atoms with Gasteiger partial charge in [0.25, 0.3) is 5.91 Å². The van der Waals surface area contributed by atoms with Crippen LogP contribution in [-0.4, -0.2) is 72.8 Å². The van der Waals surface area contributed by atoms with Crippen molar-refractivity contribution in [2.24, 2.45) is 10.7 Å². The smallest absolute Gasteiger partial charge is 0.253 e. The molecule has 0 aromatic heterocycles. The highest BCUT2D eigenvalue weighted by molar-refractivity contribution is 5.98. The maximum absolute atomic E-state index is 13.0. The molecular formula is C32H42N6O2. The summed E-state index contributed by atoms with van der Waals surface area (Å²) in [6, 6.07) is 16.2. The van der Waals surface area contributed by atoms with Crippen molar-refractivity contribution in [1.29, 1.82) is 5.26 Å². The average molecular weight is 543 g/mol. The Morgan fingerprint density at radius 3 is 2.55 bits per heavy atom. The van der Waals surface area contributed by atoms with Gasteiger partial charge in [-0.2, -0.15) is 5.26 Å². The molecule has 2 aromatic rings. The van der Waals surface area contributed by atoms with Crippen molar-refractivity contribution in [1.82, 2.24) is 15.1 Å². The highest BCUT2D eigenvalue weighted by Gasteiger charge is 2.44. The second kappa shape index (κ2) is 12.2. The minimum absolute atomic E-state index is 0.00624. The van der Waals surface area contributed by atoms with Crippen molar-refractivity contribution in [3.05, 3.63) is 70.3 Å².